The first-order valence-electron chi connectivity index (χ1n) is 8.32. The van der Waals surface area contributed by atoms with Crippen molar-refractivity contribution in [1.29, 1.82) is 0 Å². The van der Waals surface area contributed by atoms with Crippen LogP contribution in [0.3, 0.4) is 0 Å². The molecule has 1 aromatic carbocycles. The Labute approximate surface area is 131 Å². The van der Waals surface area contributed by atoms with Crippen LogP contribution in [0.15, 0.2) is 30.3 Å². The summed E-state index contributed by atoms with van der Waals surface area (Å²) in [5, 5.41) is 3.02. The summed E-state index contributed by atoms with van der Waals surface area (Å²) in [7, 11) is 0. The Kier molecular flexibility index (Phi) is 4.76. The molecular weight excluding hydrogens is 276 g/mol. The largest absolute Gasteiger partial charge is 0.351 e. The molecule has 2 amide bonds. The van der Waals surface area contributed by atoms with Crippen LogP contribution in [0.2, 0.25) is 0 Å². The third-order valence-electron chi connectivity index (χ3n) is 4.49. The summed E-state index contributed by atoms with van der Waals surface area (Å²) in [5.41, 5.74) is 1.31. The minimum Gasteiger partial charge on any atom is -0.351 e. The second-order valence-electron chi connectivity index (χ2n) is 6.54. The monoisotopic (exact) mass is 300 g/mol. The van der Waals surface area contributed by atoms with Crippen LogP contribution in [0.25, 0.3) is 0 Å². The summed E-state index contributed by atoms with van der Waals surface area (Å²) in [5.74, 6) is 0.885. The van der Waals surface area contributed by atoms with Crippen LogP contribution in [0.5, 0.6) is 0 Å². The van der Waals surface area contributed by atoms with E-state index < -0.39 is 0 Å². The van der Waals surface area contributed by atoms with Crippen molar-refractivity contribution in [2.45, 2.75) is 44.6 Å². The number of carbonyl (C=O) groups excluding carboxylic acids is 2. The first kappa shape index (κ1) is 15.1. The molecule has 0 aromatic heterocycles. The van der Waals surface area contributed by atoms with Crippen molar-refractivity contribution < 1.29 is 9.59 Å². The van der Waals surface area contributed by atoms with Crippen molar-refractivity contribution in [3.05, 3.63) is 35.9 Å². The van der Waals surface area contributed by atoms with E-state index in [1.807, 2.05) is 23.1 Å². The number of likely N-dealkylation sites (tertiary alicyclic amines) is 1. The van der Waals surface area contributed by atoms with Gasteiger partial charge in [-0.15, -0.1) is 0 Å². The van der Waals surface area contributed by atoms with Crippen LogP contribution in [-0.4, -0.2) is 35.8 Å². The van der Waals surface area contributed by atoms with Crippen LogP contribution < -0.4 is 5.32 Å². The molecule has 1 aromatic rings. The van der Waals surface area contributed by atoms with Crippen LogP contribution in [0.4, 0.5) is 0 Å². The maximum atomic E-state index is 12.0. The molecule has 1 unspecified atom stereocenters. The molecule has 0 bridgehead atoms. The molecule has 1 N–H and O–H groups in total. The lowest BCUT2D eigenvalue weighted by Crippen LogP contribution is -2.37. The van der Waals surface area contributed by atoms with Gasteiger partial charge in [-0.3, -0.25) is 9.59 Å². The molecule has 1 heterocycles. The minimum atomic E-state index is 0.00970. The summed E-state index contributed by atoms with van der Waals surface area (Å²) >= 11 is 0. The van der Waals surface area contributed by atoms with Crippen LogP contribution >= 0.6 is 0 Å². The van der Waals surface area contributed by atoms with E-state index in [1.54, 1.807) is 0 Å². The number of amides is 2. The lowest BCUT2D eigenvalue weighted by molar-refractivity contribution is -0.127. The van der Waals surface area contributed by atoms with E-state index in [1.165, 1.54) is 18.4 Å². The highest BCUT2D eigenvalue weighted by molar-refractivity contribution is 5.82. The number of nitrogens with zero attached hydrogens (tertiary/aromatic N) is 1. The predicted molar refractivity (Wildman–Crippen MR) is 85.2 cm³/mol. The molecular formula is C18H24N2O2. The molecule has 1 aliphatic carbocycles. The molecule has 0 radical (unpaired) electrons. The summed E-state index contributed by atoms with van der Waals surface area (Å²) < 4.78 is 0. The van der Waals surface area contributed by atoms with Crippen molar-refractivity contribution in [2.24, 2.45) is 5.92 Å². The van der Waals surface area contributed by atoms with Gasteiger partial charge in [-0.05, 0) is 37.2 Å². The molecule has 1 atom stereocenters. The highest BCUT2D eigenvalue weighted by Gasteiger charge is 2.31. The Morgan fingerprint density at radius 2 is 2.00 bits per heavy atom. The fourth-order valence-corrected chi connectivity index (χ4v) is 3.07. The van der Waals surface area contributed by atoms with Crippen molar-refractivity contribution >= 4 is 11.8 Å². The van der Waals surface area contributed by atoms with Gasteiger partial charge in [-0.2, -0.15) is 0 Å². The molecule has 118 valence electrons. The summed E-state index contributed by atoms with van der Waals surface area (Å²) in [6, 6.07) is 10.3. The second kappa shape index (κ2) is 6.95. The van der Waals surface area contributed by atoms with E-state index in [4.69, 9.17) is 0 Å². The molecule has 4 heteroatoms. The molecule has 0 spiro atoms. The Morgan fingerprint density at radius 1 is 1.23 bits per heavy atom. The van der Waals surface area contributed by atoms with E-state index in [2.05, 4.69) is 17.4 Å². The van der Waals surface area contributed by atoms with Gasteiger partial charge in [0.25, 0.3) is 0 Å². The molecule has 1 saturated carbocycles. The first-order chi connectivity index (χ1) is 10.7. The lowest BCUT2D eigenvalue weighted by atomic mass is 10.1. The van der Waals surface area contributed by atoms with E-state index in [9.17, 15) is 9.59 Å². The zero-order valence-corrected chi connectivity index (χ0v) is 13.0. The quantitative estimate of drug-likeness (QED) is 0.838. The maximum absolute atomic E-state index is 12.0. The van der Waals surface area contributed by atoms with E-state index in [0.29, 0.717) is 25.3 Å². The second-order valence-corrected chi connectivity index (χ2v) is 6.54. The topological polar surface area (TPSA) is 49.4 Å². The number of hydrogen-bond donors (Lipinski definition) is 1. The number of hydrogen-bond acceptors (Lipinski definition) is 2. The van der Waals surface area contributed by atoms with Gasteiger partial charge in [0.15, 0.2) is 0 Å². The Hall–Kier alpha value is -1.84. The normalized spacial score (nSPS) is 21.2. The van der Waals surface area contributed by atoms with Crippen molar-refractivity contribution in [2.75, 3.05) is 13.1 Å². The van der Waals surface area contributed by atoms with Gasteiger partial charge in [-0.25, -0.2) is 0 Å². The third kappa shape index (κ3) is 4.33. The van der Waals surface area contributed by atoms with Crippen molar-refractivity contribution in [3.63, 3.8) is 0 Å². The zero-order chi connectivity index (χ0) is 15.4. The Balaban J connectivity index is 1.38. The average Bonchev–Trinajstić information content (AvgIpc) is 3.24. The van der Waals surface area contributed by atoms with Gasteiger partial charge < -0.3 is 10.2 Å². The van der Waals surface area contributed by atoms with E-state index in [-0.39, 0.29) is 17.9 Å². The van der Waals surface area contributed by atoms with Crippen LogP contribution in [0, 0.1) is 5.92 Å². The van der Waals surface area contributed by atoms with Gasteiger partial charge in [0.05, 0.1) is 6.04 Å². The molecule has 2 fully saturated rings. The SMILES string of the molecule is O=C(CC1CC1)NC1CC(=O)N(CCCc2ccccc2)C1. The molecule has 22 heavy (non-hydrogen) atoms. The number of rotatable bonds is 7. The van der Waals surface area contributed by atoms with E-state index in [0.717, 1.165) is 19.4 Å². The van der Waals surface area contributed by atoms with E-state index >= 15 is 0 Å². The van der Waals surface area contributed by atoms with Gasteiger partial charge >= 0.3 is 0 Å². The number of carbonyl (C=O) groups is 2. The van der Waals surface area contributed by atoms with Crippen molar-refractivity contribution in [1.82, 2.24) is 10.2 Å². The molecule has 3 rings (SSSR count). The predicted octanol–water partition coefficient (Wildman–Crippen LogP) is 2.14. The third-order valence-corrected chi connectivity index (χ3v) is 4.49. The standard InChI is InChI=1S/C18H24N2O2/c21-17(11-15-8-9-15)19-16-12-18(22)20(13-16)10-4-7-14-5-2-1-3-6-14/h1-3,5-6,15-16H,4,7-13H2,(H,19,21). The molecule has 1 aliphatic heterocycles. The minimum absolute atomic E-state index is 0.00970. The van der Waals surface area contributed by atoms with Gasteiger partial charge in [0.2, 0.25) is 11.8 Å². The molecule has 4 nitrogen and oxygen atoms in total. The highest BCUT2D eigenvalue weighted by atomic mass is 16.2. The van der Waals surface area contributed by atoms with Gasteiger partial charge in [0.1, 0.15) is 0 Å². The first-order valence-corrected chi connectivity index (χ1v) is 8.32. The van der Waals surface area contributed by atoms with Crippen molar-refractivity contribution in [3.8, 4) is 0 Å². The number of benzene rings is 1. The average molecular weight is 300 g/mol. The molecule has 1 saturated heterocycles. The summed E-state index contributed by atoms with van der Waals surface area (Å²) in [4.78, 5) is 25.7. The molecule has 2 aliphatic rings. The van der Waals surface area contributed by atoms with Crippen LogP contribution in [0.1, 0.15) is 37.7 Å². The maximum Gasteiger partial charge on any atom is 0.224 e. The Morgan fingerprint density at radius 3 is 2.73 bits per heavy atom. The lowest BCUT2D eigenvalue weighted by Gasteiger charge is -2.17. The summed E-state index contributed by atoms with van der Waals surface area (Å²) in [6.45, 7) is 1.45. The zero-order valence-electron chi connectivity index (χ0n) is 13.0. The highest BCUT2D eigenvalue weighted by Crippen LogP contribution is 2.32. The van der Waals surface area contributed by atoms with Gasteiger partial charge in [-0.1, -0.05) is 30.3 Å². The summed E-state index contributed by atoms with van der Waals surface area (Å²) in [6.07, 6.45) is 5.42. The number of nitrogens with one attached hydrogen (secondary N) is 1. The fraction of sp³-hybridized carbons (Fsp3) is 0.556. The fourth-order valence-electron chi connectivity index (χ4n) is 3.07. The van der Waals surface area contributed by atoms with Gasteiger partial charge in [0, 0.05) is 25.9 Å². The Bertz CT molecular complexity index is 525. The smallest absolute Gasteiger partial charge is 0.224 e. The van der Waals surface area contributed by atoms with Crippen LogP contribution in [-0.2, 0) is 16.0 Å². The number of aryl methyl sites for hydroxylation is 1.